The first-order valence-corrected chi connectivity index (χ1v) is 11.5. The lowest BCUT2D eigenvalue weighted by atomic mass is 9.89. The van der Waals surface area contributed by atoms with Crippen LogP contribution in [-0.2, 0) is 11.0 Å². The number of fused-ring (bicyclic) bond motifs is 1. The molecule has 13 heteroatoms. The summed E-state index contributed by atoms with van der Waals surface area (Å²) >= 11 is 6.10. The number of benzene rings is 1. The SMILES string of the molecule is C=CNc1cc(Cl)ccc1/C=c1\c(C)nc2c(C#N)c(C(F)(F)F)nn2c1=NCC(=O)NC1CC(O)C1. The summed E-state index contributed by atoms with van der Waals surface area (Å²) in [4.78, 5) is 21.0. The molecule has 0 aliphatic heterocycles. The van der Waals surface area contributed by atoms with Gasteiger partial charge in [0.1, 0.15) is 18.2 Å². The fourth-order valence-corrected chi connectivity index (χ4v) is 4.12. The Morgan fingerprint density at radius 2 is 2.16 bits per heavy atom. The molecule has 3 N–H and O–H groups in total. The number of alkyl halides is 3. The molecule has 0 bridgehead atoms. The Labute approximate surface area is 213 Å². The van der Waals surface area contributed by atoms with Crippen molar-refractivity contribution in [3.63, 3.8) is 0 Å². The Bertz CT molecular complexity index is 1550. The van der Waals surface area contributed by atoms with Gasteiger partial charge in [0.25, 0.3) is 0 Å². The first kappa shape index (κ1) is 26.1. The van der Waals surface area contributed by atoms with Crippen LogP contribution >= 0.6 is 11.6 Å². The number of aliphatic hydroxyl groups excluding tert-OH is 1. The van der Waals surface area contributed by atoms with E-state index in [9.17, 15) is 28.3 Å². The van der Waals surface area contributed by atoms with E-state index < -0.39 is 36.0 Å². The van der Waals surface area contributed by atoms with Crippen molar-refractivity contribution in [2.24, 2.45) is 4.99 Å². The van der Waals surface area contributed by atoms with Crippen LogP contribution in [0.5, 0.6) is 0 Å². The maximum absolute atomic E-state index is 13.7. The number of aryl methyl sites for hydroxylation is 1. The Hall–Kier alpha value is -3.95. The molecule has 3 aromatic rings. The molecule has 0 atom stereocenters. The highest BCUT2D eigenvalue weighted by molar-refractivity contribution is 6.30. The van der Waals surface area contributed by atoms with E-state index in [1.54, 1.807) is 31.2 Å². The zero-order valence-electron chi connectivity index (χ0n) is 19.5. The average molecular weight is 532 g/mol. The van der Waals surface area contributed by atoms with Gasteiger partial charge in [0.15, 0.2) is 16.8 Å². The molecular formula is C24H21ClF3N7O2. The Morgan fingerprint density at radius 3 is 2.78 bits per heavy atom. The smallest absolute Gasteiger partial charge is 0.393 e. The van der Waals surface area contributed by atoms with Crippen LogP contribution in [0.1, 0.15) is 35.4 Å². The highest BCUT2D eigenvalue weighted by Crippen LogP contribution is 2.31. The van der Waals surface area contributed by atoms with Gasteiger partial charge in [-0.15, -0.1) is 0 Å². The molecule has 1 aromatic carbocycles. The topological polar surface area (TPSA) is 128 Å². The van der Waals surface area contributed by atoms with E-state index in [0.29, 0.717) is 29.1 Å². The number of rotatable bonds is 6. The number of aliphatic hydroxyl groups is 1. The van der Waals surface area contributed by atoms with E-state index >= 15 is 0 Å². The predicted octanol–water partition coefficient (Wildman–Crippen LogP) is 2.22. The zero-order chi connectivity index (χ0) is 26.9. The van der Waals surface area contributed by atoms with Crippen LogP contribution in [0.3, 0.4) is 0 Å². The van der Waals surface area contributed by atoms with Crippen molar-refractivity contribution >= 4 is 34.9 Å². The molecule has 1 saturated carbocycles. The number of carbonyl (C=O) groups is 1. The summed E-state index contributed by atoms with van der Waals surface area (Å²) in [5.74, 6) is -0.477. The van der Waals surface area contributed by atoms with Crippen LogP contribution in [0.25, 0.3) is 11.7 Å². The summed E-state index contributed by atoms with van der Waals surface area (Å²) in [5, 5.41) is 28.9. The molecule has 2 aromatic heterocycles. The maximum atomic E-state index is 13.7. The maximum Gasteiger partial charge on any atom is 0.436 e. The van der Waals surface area contributed by atoms with Gasteiger partial charge in [-0.1, -0.05) is 24.2 Å². The highest BCUT2D eigenvalue weighted by Gasteiger charge is 2.39. The first-order valence-electron chi connectivity index (χ1n) is 11.1. The van der Waals surface area contributed by atoms with Crippen molar-refractivity contribution in [2.45, 2.75) is 38.1 Å². The number of hydrogen-bond donors (Lipinski definition) is 3. The van der Waals surface area contributed by atoms with E-state index in [1.165, 1.54) is 12.3 Å². The third-order valence-corrected chi connectivity index (χ3v) is 6.00. The Morgan fingerprint density at radius 1 is 1.43 bits per heavy atom. The monoisotopic (exact) mass is 531 g/mol. The number of anilines is 1. The summed E-state index contributed by atoms with van der Waals surface area (Å²) in [7, 11) is 0. The van der Waals surface area contributed by atoms with Gasteiger partial charge in [0.2, 0.25) is 5.91 Å². The lowest BCUT2D eigenvalue weighted by Gasteiger charge is -2.31. The molecule has 37 heavy (non-hydrogen) atoms. The van der Waals surface area contributed by atoms with Crippen LogP contribution in [-0.4, -0.2) is 44.3 Å². The van der Waals surface area contributed by atoms with Gasteiger partial charge in [0.05, 0.1) is 11.8 Å². The second kappa shape index (κ2) is 10.2. The van der Waals surface area contributed by atoms with Crippen LogP contribution < -0.4 is 21.3 Å². The van der Waals surface area contributed by atoms with Gasteiger partial charge in [-0.2, -0.15) is 28.0 Å². The second-order valence-electron chi connectivity index (χ2n) is 8.43. The average Bonchev–Trinajstić information content (AvgIpc) is 3.18. The van der Waals surface area contributed by atoms with Crippen molar-refractivity contribution in [3.05, 3.63) is 69.2 Å². The standard InChI is InChI=1S/C24H21ClF3N7O2/c1-3-30-19-7-14(25)5-4-13(19)6-17-12(2)32-23-18(10-29)21(24(26,27)28)34-35(23)22(17)31-11-20(37)33-15-8-16(36)9-15/h3-7,15-16,30,36H,1,8-9,11H2,2H3,(H,33,37)/b17-6+,31-22?. The summed E-state index contributed by atoms with van der Waals surface area (Å²) in [6.07, 6.45) is -1.50. The van der Waals surface area contributed by atoms with Crippen molar-refractivity contribution in [2.75, 3.05) is 11.9 Å². The molecule has 0 unspecified atom stereocenters. The minimum atomic E-state index is -4.91. The van der Waals surface area contributed by atoms with Crippen LogP contribution in [0.15, 0.2) is 36.0 Å². The molecular weight excluding hydrogens is 511 g/mol. The summed E-state index contributed by atoms with van der Waals surface area (Å²) < 4.78 is 41.8. The molecule has 192 valence electrons. The fourth-order valence-electron chi connectivity index (χ4n) is 3.95. The number of aromatic nitrogens is 3. The lowest BCUT2D eigenvalue weighted by Crippen LogP contribution is -2.47. The molecule has 1 aliphatic rings. The summed E-state index contributed by atoms with van der Waals surface area (Å²) in [5.41, 5.74) is -1.15. The van der Waals surface area contributed by atoms with E-state index in [2.05, 4.69) is 32.3 Å². The number of nitriles is 1. The minimum absolute atomic E-state index is 0.0854. The van der Waals surface area contributed by atoms with Gasteiger partial charge < -0.3 is 15.7 Å². The number of halogens is 4. The Kier molecular flexibility index (Phi) is 7.20. The minimum Gasteiger partial charge on any atom is -0.393 e. The molecule has 1 aliphatic carbocycles. The molecule has 1 fully saturated rings. The van der Waals surface area contributed by atoms with E-state index in [0.717, 1.165) is 4.52 Å². The number of amides is 1. The third-order valence-electron chi connectivity index (χ3n) is 5.77. The molecule has 0 spiro atoms. The third kappa shape index (κ3) is 5.42. The Balaban J connectivity index is 1.96. The van der Waals surface area contributed by atoms with Crippen molar-refractivity contribution in [1.82, 2.24) is 19.9 Å². The van der Waals surface area contributed by atoms with Gasteiger partial charge in [0, 0.05) is 22.0 Å². The summed E-state index contributed by atoms with van der Waals surface area (Å²) in [6, 6.07) is 6.28. The number of carbonyl (C=O) groups excluding carboxylic acids is 1. The van der Waals surface area contributed by atoms with E-state index in [-0.39, 0.29) is 28.1 Å². The predicted molar refractivity (Wildman–Crippen MR) is 129 cm³/mol. The van der Waals surface area contributed by atoms with Crippen molar-refractivity contribution in [1.29, 1.82) is 5.26 Å². The fraction of sp³-hybridized carbons (Fsp3) is 0.292. The van der Waals surface area contributed by atoms with Crippen LogP contribution in [0.2, 0.25) is 5.02 Å². The van der Waals surface area contributed by atoms with Gasteiger partial charge in [-0.3, -0.25) is 9.79 Å². The lowest BCUT2D eigenvalue weighted by molar-refractivity contribution is -0.141. The van der Waals surface area contributed by atoms with E-state index in [4.69, 9.17) is 11.6 Å². The van der Waals surface area contributed by atoms with Crippen molar-refractivity contribution < 1.29 is 23.1 Å². The highest BCUT2D eigenvalue weighted by atomic mass is 35.5. The largest absolute Gasteiger partial charge is 0.436 e. The molecule has 0 saturated heterocycles. The van der Waals surface area contributed by atoms with E-state index in [1.807, 2.05) is 0 Å². The molecule has 0 radical (unpaired) electrons. The number of nitrogens with zero attached hydrogens (tertiary/aromatic N) is 5. The quantitative estimate of drug-likeness (QED) is 0.447. The molecule has 4 rings (SSSR count). The number of hydrogen-bond acceptors (Lipinski definition) is 7. The van der Waals surface area contributed by atoms with Gasteiger partial charge >= 0.3 is 6.18 Å². The summed E-state index contributed by atoms with van der Waals surface area (Å²) in [6.45, 7) is 4.76. The first-order chi connectivity index (χ1) is 17.5. The van der Waals surface area contributed by atoms with Crippen molar-refractivity contribution in [3.8, 4) is 6.07 Å². The van der Waals surface area contributed by atoms with Crippen LogP contribution in [0, 0.1) is 18.3 Å². The second-order valence-corrected chi connectivity index (χ2v) is 8.87. The zero-order valence-corrected chi connectivity index (χ0v) is 20.2. The number of nitrogens with one attached hydrogen (secondary N) is 2. The van der Waals surface area contributed by atoms with Crippen LogP contribution in [0.4, 0.5) is 18.9 Å². The van der Waals surface area contributed by atoms with Gasteiger partial charge in [-0.05, 0) is 49.7 Å². The normalized spacial score (nSPS) is 18.4. The molecule has 2 heterocycles. The molecule has 1 amide bonds. The van der Waals surface area contributed by atoms with Gasteiger partial charge in [-0.25, -0.2) is 4.98 Å². The molecule has 9 nitrogen and oxygen atoms in total.